The molecule has 0 aliphatic heterocycles. The van der Waals surface area contributed by atoms with Gasteiger partial charge in [-0.3, -0.25) is 10.1 Å². The highest BCUT2D eigenvalue weighted by Crippen LogP contribution is 2.21. The van der Waals surface area contributed by atoms with Crippen molar-refractivity contribution >= 4 is 11.5 Å². The van der Waals surface area contributed by atoms with Gasteiger partial charge in [0.25, 0.3) is 5.69 Å². The minimum Gasteiger partial charge on any atom is -0.474 e. The molecule has 0 fully saturated rings. The van der Waals surface area contributed by atoms with Crippen LogP contribution in [0.25, 0.3) is 0 Å². The van der Waals surface area contributed by atoms with Crippen molar-refractivity contribution < 1.29 is 9.66 Å². The van der Waals surface area contributed by atoms with E-state index >= 15 is 0 Å². The van der Waals surface area contributed by atoms with Gasteiger partial charge >= 0.3 is 0 Å². The Morgan fingerprint density at radius 2 is 2.31 bits per heavy atom. The Hall–Kier alpha value is -1.85. The summed E-state index contributed by atoms with van der Waals surface area (Å²) in [6.45, 7) is 3.93. The van der Waals surface area contributed by atoms with E-state index in [9.17, 15) is 10.1 Å². The quantitative estimate of drug-likeness (QED) is 0.612. The first-order chi connectivity index (χ1) is 7.52. The molecule has 0 aliphatic carbocycles. The third-order valence-electron chi connectivity index (χ3n) is 2.03. The number of hydrogen-bond acceptors (Lipinski definition) is 5. The van der Waals surface area contributed by atoms with Gasteiger partial charge in [0.1, 0.15) is 5.82 Å². The van der Waals surface area contributed by atoms with Gasteiger partial charge in [-0.25, -0.2) is 0 Å². The van der Waals surface area contributed by atoms with Crippen LogP contribution in [-0.4, -0.2) is 16.0 Å². The number of rotatable bonds is 5. The summed E-state index contributed by atoms with van der Waals surface area (Å²) < 4.78 is 5.43. The summed E-state index contributed by atoms with van der Waals surface area (Å²) in [5, 5.41) is 10.6. The summed E-state index contributed by atoms with van der Waals surface area (Å²) in [5.74, 6) is 0.292. The molecule has 0 saturated carbocycles. The predicted molar refractivity (Wildman–Crippen MR) is 60.3 cm³/mol. The molecule has 0 bridgehead atoms. The van der Waals surface area contributed by atoms with Crippen LogP contribution in [0.3, 0.4) is 0 Å². The van der Waals surface area contributed by atoms with Gasteiger partial charge in [0.15, 0.2) is 0 Å². The molecule has 1 atom stereocenters. The largest absolute Gasteiger partial charge is 0.474 e. The van der Waals surface area contributed by atoms with Crippen molar-refractivity contribution in [2.45, 2.75) is 32.8 Å². The first kappa shape index (κ1) is 12.2. The van der Waals surface area contributed by atoms with Crippen LogP contribution in [0.4, 0.5) is 11.5 Å². The van der Waals surface area contributed by atoms with E-state index in [2.05, 4.69) is 4.98 Å². The highest BCUT2D eigenvalue weighted by atomic mass is 16.6. The number of nitro groups is 1. The molecule has 1 rings (SSSR count). The second-order valence-corrected chi connectivity index (χ2v) is 3.56. The van der Waals surface area contributed by atoms with Crippen molar-refractivity contribution in [1.29, 1.82) is 0 Å². The molecule has 88 valence electrons. The lowest BCUT2D eigenvalue weighted by molar-refractivity contribution is -0.384. The summed E-state index contributed by atoms with van der Waals surface area (Å²) in [6.07, 6.45) is 1.81. The molecule has 0 spiro atoms. The minimum absolute atomic E-state index is 0.0288. The number of ether oxygens (including phenoxy) is 1. The number of nitrogens with two attached hydrogens (primary N) is 1. The zero-order valence-electron chi connectivity index (χ0n) is 9.34. The maximum absolute atomic E-state index is 10.6. The Labute approximate surface area is 93.6 Å². The molecule has 1 unspecified atom stereocenters. The molecular weight excluding hydrogens is 210 g/mol. The number of aromatic nitrogens is 1. The zero-order chi connectivity index (χ0) is 12.1. The monoisotopic (exact) mass is 225 g/mol. The SMILES string of the molecule is CCCC(C)Oc1cc([N+](=O)[O-])cc(N)n1. The Morgan fingerprint density at radius 1 is 1.62 bits per heavy atom. The maximum atomic E-state index is 10.6. The van der Waals surface area contributed by atoms with E-state index in [0.29, 0.717) is 0 Å². The summed E-state index contributed by atoms with van der Waals surface area (Å²) in [6, 6.07) is 2.49. The van der Waals surface area contributed by atoms with Crippen molar-refractivity contribution in [1.82, 2.24) is 4.98 Å². The van der Waals surface area contributed by atoms with Crippen molar-refractivity contribution in [3.63, 3.8) is 0 Å². The molecule has 6 heteroatoms. The Bertz CT molecular complexity index is 382. The lowest BCUT2D eigenvalue weighted by atomic mass is 10.2. The van der Waals surface area contributed by atoms with E-state index in [0.717, 1.165) is 12.8 Å². The Morgan fingerprint density at radius 3 is 2.88 bits per heavy atom. The van der Waals surface area contributed by atoms with Crippen LogP contribution in [0.2, 0.25) is 0 Å². The zero-order valence-corrected chi connectivity index (χ0v) is 9.34. The summed E-state index contributed by atoms with van der Waals surface area (Å²) in [4.78, 5) is 14.0. The lowest BCUT2D eigenvalue weighted by Gasteiger charge is -2.12. The summed E-state index contributed by atoms with van der Waals surface area (Å²) >= 11 is 0. The fourth-order valence-electron chi connectivity index (χ4n) is 1.35. The Balaban J connectivity index is 2.84. The van der Waals surface area contributed by atoms with Gasteiger partial charge in [0.05, 0.1) is 23.2 Å². The lowest BCUT2D eigenvalue weighted by Crippen LogP contribution is -2.12. The van der Waals surface area contributed by atoms with Crippen molar-refractivity contribution in [3.05, 3.63) is 22.2 Å². The smallest absolute Gasteiger partial charge is 0.278 e. The number of nitrogen functional groups attached to an aromatic ring is 1. The van der Waals surface area contributed by atoms with Crippen LogP contribution in [0.1, 0.15) is 26.7 Å². The third-order valence-corrected chi connectivity index (χ3v) is 2.03. The van der Waals surface area contributed by atoms with Crippen LogP contribution in [-0.2, 0) is 0 Å². The van der Waals surface area contributed by atoms with Crippen molar-refractivity contribution in [3.8, 4) is 5.88 Å². The van der Waals surface area contributed by atoms with E-state index in [1.54, 1.807) is 0 Å². The second kappa shape index (κ2) is 5.29. The van der Waals surface area contributed by atoms with Crippen LogP contribution in [0, 0.1) is 10.1 Å². The van der Waals surface area contributed by atoms with E-state index in [1.807, 2.05) is 13.8 Å². The van der Waals surface area contributed by atoms with E-state index in [4.69, 9.17) is 10.5 Å². The number of hydrogen-bond donors (Lipinski definition) is 1. The van der Waals surface area contributed by atoms with Gasteiger partial charge in [-0.05, 0) is 13.3 Å². The molecule has 0 amide bonds. The summed E-state index contributed by atoms with van der Waals surface area (Å²) in [5.41, 5.74) is 5.35. The third kappa shape index (κ3) is 3.38. The number of nitrogens with zero attached hydrogens (tertiary/aromatic N) is 2. The fraction of sp³-hybridized carbons (Fsp3) is 0.500. The standard InChI is InChI=1S/C10H15N3O3/c1-3-4-7(2)16-10-6-8(13(14)15)5-9(11)12-10/h5-7H,3-4H2,1-2H3,(H2,11,12). The second-order valence-electron chi connectivity index (χ2n) is 3.56. The number of pyridine rings is 1. The van der Waals surface area contributed by atoms with E-state index < -0.39 is 4.92 Å². The molecule has 0 aromatic carbocycles. The maximum Gasteiger partial charge on any atom is 0.278 e. The van der Waals surface area contributed by atoms with Gasteiger partial charge in [0.2, 0.25) is 5.88 Å². The van der Waals surface area contributed by atoms with Crippen molar-refractivity contribution in [2.24, 2.45) is 0 Å². The molecule has 16 heavy (non-hydrogen) atoms. The van der Waals surface area contributed by atoms with Gasteiger partial charge in [-0.2, -0.15) is 4.98 Å². The topological polar surface area (TPSA) is 91.3 Å². The highest BCUT2D eigenvalue weighted by Gasteiger charge is 2.12. The predicted octanol–water partition coefficient (Wildman–Crippen LogP) is 2.14. The first-order valence-electron chi connectivity index (χ1n) is 5.11. The average Bonchev–Trinajstić information content (AvgIpc) is 2.16. The molecule has 1 aromatic heterocycles. The van der Waals surface area contributed by atoms with Gasteiger partial charge in [-0.1, -0.05) is 13.3 Å². The summed E-state index contributed by atoms with van der Waals surface area (Å²) in [7, 11) is 0. The van der Waals surface area contributed by atoms with Crippen LogP contribution in [0.15, 0.2) is 12.1 Å². The van der Waals surface area contributed by atoms with E-state index in [-0.39, 0.29) is 23.5 Å². The van der Waals surface area contributed by atoms with Crippen molar-refractivity contribution in [2.75, 3.05) is 5.73 Å². The molecule has 1 heterocycles. The van der Waals surface area contributed by atoms with Crippen LogP contribution in [0.5, 0.6) is 5.88 Å². The van der Waals surface area contributed by atoms with Gasteiger partial charge in [0, 0.05) is 0 Å². The van der Waals surface area contributed by atoms with E-state index in [1.165, 1.54) is 12.1 Å². The molecule has 0 saturated heterocycles. The highest BCUT2D eigenvalue weighted by molar-refractivity contribution is 5.45. The molecular formula is C10H15N3O3. The number of anilines is 1. The van der Waals surface area contributed by atoms with Gasteiger partial charge in [-0.15, -0.1) is 0 Å². The molecule has 0 radical (unpaired) electrons. The van der Waals surface area contributed by atoms with Crippen LogP contribution < -0.4 is 10.5 Å². The normalized spacial score (nSPS) is 12.1. The molecule has 6 nitrogen and oxygen atoms in total. The average molecular weight is 225 g/mol. The molecule has 2 N–H and O–H groups in total. The minimum atomic E-state index is -0.518. The van der Waals surface area contributed by atoms with Gasteiger partial charge < -0.3 is 10.5 Å². The molecule has 0 aliphatic rings. The van der Waals surface area contributed by atoms with Crippen LogP contribution >= 0.6 is 0 Å². The first-order valence-corrected chi connectivity index (χ1v) is 5.11. The fourth-order valence-corrected chi connectivity index (χ4v) is 1.35. The Kier molecular flexibility index (Phi) is 4.04. The molecule has 1 aromatic rings.